The summed E-state index contributed by atoms with van der Waals surface area (Å²) < 4.78 is 0. The van der Waals surface area contributed by atoms with Crippen molar-refractivity contribution in [2.75, 3.05) is 18.4 Å². The van der Waals surface area contributed by atoms with E-state index in [1.165, 1.54) is 11.1 Å². The highest BCUT2D eigenvalue weighted by atomic mass is 16.2. The number of benzene rings is 2. The molecule has 5 nitrogen and oxygen atoms in total. The van der Waals surface area contributed by atoms with Crippen LogP contribution in [-0.4, -0.2) is 39.9 Å². The second-order valence-electron chi connectivity index (χ2n) is 7.29. The second kappa shape index (κ2) is 7.35. The number of rotatable bonds is 3. The minimum atomic E-state index is 0.0640. The second-order valence-corrected chi connectivity index (χ2v) is 7.29. The van der Waals surface area contributed by atoms with Gasteiger partial charge in [-0.2, -0.15) is 0 Å². The number of carbonyl (C=O) groups is 1. The average Bonchev–Trinajstić information content (AvgIpc) is 2.70. The Balaban J connectivity index is 1.48. The molecule has 1 N–H and O–H groups in total. The number of anilines is 1. The third-order valence-corrected chi connectivity index (χ3v) is 5.30. The first-order valence-corrected chi connectivity index (χ1v) is 9.44. The Morgan fingerprint density at radius 1 is 1.04 bits per heavy atom. The number of hydrogen-bond acceptors (Lipinski definition) is 4. The highest BCUT2D eigenvalue weighted by Gasteiger charge is 2.24. The lowest BCUT2D eigenvalue weighted by Gasteiger charge is -2.34. The molecule has 1 aliphatic heterocycles. The number of nitrogens with one attached hydrogen (secondary N) is 1. The molecule has 27 heavy (non-hydrogen) atoms. The molecule has 0 radical (unpaired) electrons. The number of hydrogen-bond donors (Lipinski definition) is 1. The molecule has 1 fully saturated rings. The van der Waals surface area contributed by atoms with Gasteiger partial charge >= 0.3 is 0 Å². The zero-order valence-electron chi connectivity index (χ0n) is 15.8. The van der Waals surface area contributed by atoms with Gasteiger partial charge in [-0.05, 0) is 68.1 Å². The maximum absolute atomic E-state index is 13.0. The molecule has 1 saturated heterocycles. The Hall–Kier alpha value is -2.95. The summed E-state index contributed by atoms with van der Waals surface area (Å²) in [5.74, 6) is 0.0640. The Bertz CT molecular complexity index is 985. The summed E-state index contributed by atoms with van der Waals surface area (Å²) in [5.41, 5.74) is 5.93. The number of piperidine rings is 1. The van der Waals surface area contributed by atoms with Crippen LogP contribution in [0.5, 0.6) is 0 Å². The molecule has 0 unspecified atom stereocenters. The molecule has 0 saturated carbocycles. The molecule has 3 aromatic rings. The molecular weight excluding hydrogens is 336 g/mol. The fourth-order valence-electron chi connectivity index (χ4n) is 3.63. The van der Waals surface area contributed by atoms with Gasteiger partial charge < -0.3 is 10.2 Å². The lowest BCUT2D eigenvalue weighted by atomic mass is 10.0. The van der Waals surface area contributed by atoms with E-state index in [1.807, 2.05) is 23.1 Å². The van der Waals surface area contributed by atoms with Crippen molar-refractivity contribution in [3.63, 3.8) is 0 Å². The standard InChI is InChI=1S/C22H24N4O/c1-15-5-7-18(12-16(15)2)25-19-4-3-11-26(14-19)22(27)17-6-8-20-21(13-17)24-10-9-23-20/h5-10,12-13,19,25H,3-4,11,14H2,1-2H3/t19-/m1/s1. The number of amides is 1. The minimum absolute atomic E-state index is 0.0640. The van der Waals surface area contributed by atoms with Crippen LogP contribution in [0.1, 0.15) is 34.3 Å². The van der Waals surface area contributed by atoms with Crippen molar-refractivity contribution in [2.45, 2.75) is 32.7 Å². The molecule has 5 heteroatoms. The highest BCUT2D eigenvalue weighted by Crippen LogP contribution is 2.21. The van der Waals surface area contributed by atoms with E-state index in [4.69, 9.17) is 0 Å². The fourth-order valence-corrected chi connectivity index (χ4v) is 3.63. The van der Waals surface area contributed by atoms with Crippen molar-refractivity contribution in [1.29, 1.82) is 0 Å². The number of aromatic nitrogens is 2. The molecule has 1 amide bonds. The van der Waals surface area contributed by atoms with Crippen LogP contribution in [0.3, 0.4) is 0 Å². The molecule has 1 atom stereocenters. The predicted octanol–water partition coefficient (Wildman–Crippen LogP) is 3.96. The van der Waals surface area contributed by atoms with Gasteiger partial charge in [-0.15, -0.1) is 0 Å². The summed E-state index contributed by atoms with van der Waals surface area (Å²) in [7, 11) is 0. The zero-order valence-corrected chi connectivity index (χ0v) is 15.8. The Morgan fingerprint density at radius 3 is 2.67 bits per heavy atom. The molecule has 0 spiro atoms. The first-order valence-electron chi connectivity index (χ1n) is 9.44. The van der Waals surface area contributed by atoms with Crippen LogP contribution in [0.25, 0.3) is 11.0 Å². The van der Waals surface area contributed by atoms with Gasteiger partial charge in [-0.1, -0.05) is 6.07 Å². The average molecular weight is 360 g/mol. The van der Waals surface area contributed by atoms with E-state index in [2.05, 4.69) is 47.3 Å². The van der Waals surface area contributed by atoms with Gasteiger partial charge in [-0.25, -0.2) is 0 Å². The molecule has 0 bridgehead atoms. The van der Waals surface area contributed by atoms with E-state index in [9.17, 15) is 4.79 Å². The van der Waals surface area contributed by atoms with Crippen LogP contribution in [0, 0.1) is 13.8 Å². The normalized spacial score (nSPS) is 17.1. The fraction of sp³-hybridized carbons (Fsp3) is 0.318. The maximum atomic E-state index is 13.0. The molecule has 0 aliphatic carbocycles. The third kappa shape index (κ3) is 3.77. The lowest BCUT2D eigenvalue weighted by molar-refractivity contribution is 0.0715. The van der Waals surface area contributed by atoms with Gasteiger partial charge in [0.1, 0.15) is 0 Å². The zero-order chi connectivity index (χ0) is 18.8. The number of carbonyl (C=O) groups excluding carboxylic acids is 1. The Labute approximate surface area is 159 Å². The molecule has 1 aliphatic rings. The van der Waals surface area contributed by atoms with Gasteiger partial charge in [0, 0.05) is 42.8 Å². The van der Waals surface area contributed by atoms with Crippen molar-refractivity contribution in [2.24, 2.45) is 0 Å². The van der Waals surface area contributed by atoms with Gasteiger partial charge in [0.2, 0.25) is 0 Å². The van der Waals surface area contributed by atoms with Crippen molar-refractivity contribution in [1.82, 2.24) is 14.9 Å². The Morgan fingerprint density at radius 2 is 1.85 bits per heavy atom. The van der Waals surface area contributed by atoms with E-state index in [0.29, 0.717) is 12.1 Å². The molecule has 1 aromatic heterocycles. The SMILES string of the molecule is Cc1ccc(N[C@@H]2CCCN(C(=O)c3ccc4nccnc4c3)C2)cc1C. The van der Waals surface area contributed by atoms with Crippen LogP contribution in [-0.2, 0) is 0 Å². The van der Waals surface area contributed by atoms with Crippen LogP contribution in [0.4, 0.5) is 5.69 Å². The number of nitrogens with zero attached hydrogens (tertiary/aromatic N) is 3. The van der Waals surface area contributed by atoms with E-state index in [-0.39, 0.29) is 11.9 Å². The third-order valence-electron chi connectivity index (χ3n) is 5.30. The van der Waals surface area contributed by atoms with Crippen molar-refractivity contribution in [3.8, 4) is 0 Å². The molecule has 138 valence electrons. The topological polar surface area (TPSA) is 58.1 Å². The summed E-state index contributed by atoms with van der Waals surface area (Å²) in [6, 6.07) is 12.3. The first-order chi connectivity index (χ1) is 13.1. The van der Waals surface area contributed by atoms with E-state index in [1.54, 1.807) is 12.4 Å². The van der Waals surface area contributed by atoms with E-state index < -0.39 is 0 Å². The monoisotopic (exact) mass is 360 g/mol. The van der Waals surface area contributed by atoms with Crippen LogP contribution < -0.4 is 5.32 Å². The van der Waals surface area contributed by atoms with Crippen molar-refractivity contribution in [3.05, 3.63) is 65.5 Å². The lowest BCUT2D eigenvalue weighted by Crippen LogP contribution is -2.45. The quantitative estimate of drug-likeness (QED) is 0.768. The molecule has 2 aromatic carbocycles. The van der Waals surface area contributed by atoms with Gasteiger partial charge in [0.25, 0.3) is 5.91 Å². The minimum Gasteiger partial charge on any atom is -0.381 e. The highest BCUT2D eigenvalue weighted by molar-refractivity contribution is 5.97. The number of aryl methyl sites for hydroxylation is 2. The largest absolute Gasteiger partial charge is 0.381 e. The van der Waals surface area contributed by atoms with Crippen LogP contribution in [0.2, 0.25) is 0 Å². The smallest absolute Gasteiger partial charge is 0.254 e. The van der Waals surface area contributed by atoms with E-state index in [0.717, 1.165) is 36.1 Å². The summed E-state index contributed by atoms with van der Waals surface area (Å²) in [6.45, 7) is 5.75. The van der Waals surface area contributed by atoms with Crippen molar-refractivity contribution < 1.29 is 4.79 Å². The summed E-state index contributed by atoms with van der Waals surface area (Å²) >= 11 is 0. The first kappa shape index (κ1) is 17.5. The number of fused-ring (bicyclic) bond motifs is 1. The van der Waals surface area contributed by atoms with Gasteiger partial charge in [0.05, 0.1) is 11.0 Å². The molecule has 2 heterocycles. The van der Waals surface area contributed by atoms with Gasteiger partial charge in [-0.3, -0.25) is 14.8 Å². The number of likely N-dealkylation sites (tertiary alicyclic amines) is 1. The Kier molecular flexibility index (Phi) is 4.75. The summed E-state index contributed by atoms with van der Waals surface area (Å²) in [5, 5.41) is 3.60. The summed E-state index contributed by atoms with van der Waals surface area (Å²) in [6.07, 6.45) is 5.39. The van der Waals surface area contributed by atoms with Crippen LogP contribution in [0.15, 0.2) is 48.8 Å². The summed E-state index contributed by atoms with van der Waals surface area (Å²) in [4.78, 5) is 23.5. The maximum Gasteiger partial charge on any atom is 0.254 e. The molecular formula is C22H24N4O. The van der Waals surface area contributed by atoms with Crippen LogP contribution >= 0.6 is 0 Å². The predicted molar refractivity (Wildman–Crippen MR) is 108 cm³/mol. The van der Waals surface area contributed by atoms with E-state index >= 15 is 0 Å². The van der Waals surface area contributed by atoms with Crippen molar-refractivity contribution >= 4 is 22.6 Å². The molecule has 4 rings (SSSR count). The van der Waals surface area contributed by atoms with Gasteiger partial charge in [0.15, 0.2) is 0 Å².